The minimum atomic E-state index is -3.67. The predicted molar refractivity (Wildman–Crippen MR) is 124 cm³/mol. The molecular formula is C25H26N2O4S. The van der Waals surface area contributed by atoms with Gasteiger partial charge in [0.25, 0.3) is 0 Å². The molecule has 2 heterocycles. The van der Waals surface area contributed by atoms with Crippen molar-refractivity contribution in [2.24, 2.45) is 5.92 Å². The van der Waals surface area contributed by atoms with E-state index in [4.69, 9.17) is 4.74 Å². The average Bonchev–Trinajstić information content (AvgIpc) is 3.30. The average molecular weight is 451 g/mol. The number of fused-ring (bicyclic) bond motifs is 3. The standard InChI is InChI=1S/C25H26N2O4S/c1-31-24-10-6-5-9-19(24)17-11-12-22-21(15-17)25-20(23(16-28)26-22)13-14-27(25)32(29,30)18-7-3-2-4-8-18/h2-12,15,20,23,25-26,28H,13-14,16H2,1H3/t20-,23-,25-/m1/s1. The summed E-state index contributed by atoms with van der Waals surface area (Å²) in [6, 6.07) is 21.9. The van der Waals surface area contributed by atoms with Crippen LogP contribution in [0.2, 0.25) is 0 Å². The number of aliphatic hydroxyl groups is 1. The quantitative estimate of drug-likeness (QED) is 0.616. The van der Waals surface area contributed by atoms with Crippen molar-refractivity contribution in [2.45, 2.75) is 23.4 Å². The van der Waals surface area contributed by atoms with Gasteiger partial charge < -0.3 is 15.2 Å². The summed E-state index contributed by atoms with van der Waals surface area (Å²) >= 11 is 0. The summed E-state index contributed by atoms with van der Waals surface area (Å²) in [6.07, 6.45) is 0.688. The van der Waals surface area contributed by atoms with Gasteiger partial charge in [0.05, 0.1) is 30.7 Å². The normalized spacial score (nSPS) is 22.6. The van der Waals surface area contributed by atoms with Gasteiger partial charge in [-0.05, 0) is 47.9 Å². The molecule has 0 unspecified atom stereocenters. The number of para-hydroxylation sites is 1. The molecule has 6 nitrogen and oxygen atoms in total. The van der Waals surface area contributed by atoms with Gasteiger partial charge in [-0.25, -0.2) is 8.42 Å². The Morgan fingerprint density at radius 1 is 1.06 bits per heavy atom. The zero-order valence-corrected chi connectivity index (χ0v) is 18.6. The fourth-order valence-corrected chi connectivity index (χ4v) is 6.76. The van der Waals surface area contributed by atoms with Gasteiger partial charge in [-0.1, -0.05) is 42.5 Å². The highest BCUT2D eigenvalue weighted by molar-refractivity contribution is 7.89. The first-order chi connectivity index (χ1) is 15.5. The van der Waals surface area contributed by atoms with Crippen molar-refractivity contribution in [1.29, 1.82) is 0 Å². The summed E-state index contributed by atoms with van der Waals surface area (Å²) in [6.45, 7) is 0.372. The summed E-state index contributed by atoms with van der Waals surface area (Å²) in [4.78, 5) is 0.294. The maximum Gasteiger partial charge on any atom is 0.243 e. The molecule has 3 aromatic carbocycles. The second kappa shape index (κ2) is 8.24. The largest absolute Gasteiger partial charge is 0.496 e. The van der Waals surface area contributed by atoms with Crippen molar-refractivity contribution in [3.05, 3.63) is 78.4 Å². The number of hydrogen-bond acceptors (Lipinski definition) is 5. The molecule has 0 bridgehead atoms. The van der Waals surface area contributed by atoms with E-state index >= 15 is 0 Å². The molecule has 0 radical (unpaired) electrons. The van der Waals surface area contributed by atoms with Gasteiger partial charge >= 0.3 is 0 Å². The van der Waals surface area contributed by atoms with Gasteiger partial charge in [0, 0.05) is 23.7 Å². The molecular weight excluding hydrogens is 424 g/mol. The molecule has 0 amide bonds. The van der Waals surface area contributed by atoms with Gasteiger partial charge in [-0.2, -0.15) is 4.31 Å². The van der Waals surface area contributed by atoms with Gasteiger partial charge in [-0.15, -0.1) is 0 Å². The van der Waals surface area contributed by atoms with E-state index in [9.17, 15) is 13.5 Å². The van der Waals surface area contributed by atoms with Crippen molar-refractivity contribution < 1.29 is 18.3 Å². The predicted octanol–water partition coefficient (Wildman–Crippen LogP) is 3.90. The Morgan fingerprint density at radius 3 is 2.56 bits per heavy atom. The number of rotatable bonds is 5. The lowest BCUT2D eigenvalue weighted by atomic mass is 9.82. The third-order valence-corrected chi connectivity index (χ3v) is 8.49. The summed E-state index contributed by atoms with van der Waals surface area (Å²) in [5.41, 5.74) is 3.71. The third kappa shape index (κ3) is 3.37. The molecule has 2 aliphatic rings. The summed E-state index contributed by atoms with van der Waals surface area (Å²) in [5, 5.41) is 13.5. The van der Waals surface area contributed by atoms with Gasteiger partial charge in [0.1, 0.15) is 5.75 Å². The van der Waals surface area contributed by atoms with E-state index in [0.29, 0.717) is 17.9 Å². The van der Waals surface area contributed by atoms with Crippen molar-refractivity contribution >= 4 is 15.7 Å². The number of ether oxygens (including phenoxy) is 1. The molecule has 2 N–H and O–H groups in total. The lowest BCUT2D eigenvalue weighted by Gasteiger charge is -2.39. The van der Waals surface area contributed by atoms with Crippen LogP contribution >= 0.6 is 0 Å². The maximum absolute atomic E-state index is 13.6. The van der Waals surface area contributed by atoms with E-state index in [0.717, 1.165) is 28.1 Å². The second-order valence-electron chi connectivity index (χ2n) is 8.26. The monoisotopic (exact) mass is 450 g/mol. The van der Waals surface area contributed by atoms with Gasteiger partial charge in [0.2, 0.25) is 10.0 Å². The lowest BCUT2D eigenvalue weighted by Crippen LogP contribution is -2.42. The number of benzene rings is 3. The Kier molecular flexibility index (Phi) is 5.41. The van der Waals surface area contributed by atoms with E-state index in [1.165, 1.54) is 0 Å². The topological polar surface area (TPSA) is 78.9 Å². The van der Waals surface area contributed by atoms with Crippen LogP contribution in [0.4, 0.5) is 5.69 Å². The highest BCUT2D eigenvalue weighted by atomic mass is 32.2. The van der Waals surface area contributed by atoms with Crippen LogP contribution in [0.3, 0.4) is 0 Å². The summed E-state index contributed by atoms with van der Waals surface area (Å²) in [5.74, 6) is 0.750. The van der Waals surface area contributed by atoms with Crippen LogP contribution in [0.25, 0.3) is 11.1 Å². The Labute approximate surface area is 188 Å². The molecule has 5 rings (SSSR count). The minimum Gasteiger partial charge on any atom is -0.496 e. The van der Waals surface area contributed by atoms with Crippen LogP contribution in [-0.2, 0) is 10.0 Å². The van der Waals surface area contributed by atoms with Crippen LogP contribution in [-0.4, -0.2) is 44.1 Å². The van der Waals surface area contributed by atoms with Gasteiger partial charge in [0.15, 0.2) is 0 Å². The van der Waals surface area contributed by atoms with Crippen molar-refractivity contribution in [3.63, 3.8) is 0 Å². The van der Waals surface area contributed by atoms with Crippen LogP contribution in [0, 0.1) is 5.92 Å². The first-order valence-corrected chi connectivity index (χ1v) is 12.2. The molecule has 0 aromatic heterocycles. The van der Waals surface area contributed by atoms with Crippen molar-refractivity contribution in [3.8, 4) is 16.9 Å². The van der Waals surface area contributed by atoms with Crippen LogP contribution in [0.1, 0.15) is 18.0 Å². The molecule has 0 aliphatic carbocycles. The third-order valence-electron chi connectivity index (χ3n) is 6.59. The van der Waals surface area contributed by atoms with Crippen molar-refractivity contribution in [2.75, 3.05) is 25.6 Å². The van der Waals surface area contributed by atoms with E-state index in [1.807, 2.05) is 42.5 Å². The Bertz CT molecular complexity index is 1230. The fraction of sp³-hybridized carbons (Fsp3) is 0.280. The summed E-state index contributed by atoms with van der Waals surface area (Å²) in [7, 11) is -2.03. The first-order valence-electron chi connectivity index (χ1n) is 10.8. The first kappa shape index (κ1) is 21.0. The van der Waals surface area contributed by atoms with E-state index in [2.05, 4.69) is 11.4 Å². The van der Waals surface area contributed by atoms with Crippen LogP contribution < -0.4 is 10.1 Å². The zero-order chi connectivity index (χ0) is 22.3. The number of aliphatic hydroxyl groups excluding tert-OH is 1. The molecule has 7 heteroatoms. The zero-order valence-electron chi connectivity index (χ0n) is 17.8. The van der Waals surface area contributed by atoms with Crippen LogP contribution in [0.15, 0.2) is 77.7 Å². The fourth-order valence-electron chi connectivity index (χ4n) is 5.07. The molecule has 2 aliphatic heterocycles. The Morgan fingerprint density at radius 2 is 1.81 bits per heavy atom. The molecule has 0 saturated carbocycles. The van der Waals surface area contributed by atoms with Crippen LogP contribution in [0.5, 0.6) is 5.75 Å². The maximum atomic E-state index is 13.6. The van der Waals surface area contributed by atoms with Gasteiger partial charge in [-0.3, -0.25) is 0 Å². The van der Waals surface area contributed by atoms with E-state index < -0.39 is 10.0 Å². The number of hydrogen-bond donors (Lipinski definition) is 2. The second-order valence-corrected chi connectivity index (χ2v) is 10.2. The van der Waals surface area contributed by atoms with Crippen molar-refractivity contribution in [1.82, 2.24) is 4.31 Å². The highest BCUT2D eigenvalue weighted by Gasteiger charge is 2.48. The summed E-state index contributed by atoms with van der Waals surface area (Å²) < 4.78 is 34.3. The lowest BCUT2D eigenvalue weighted by molar-refractivity contribution is 0.210. The minimum absolute atomic E-state index is 0.0149. The number of anilines is 1. The Hall–Kier alpha value is -2.87. The Balaban J connectivity index is 1.63. The number of nitrogens with one attached hydrogen (secondary N) is 1. The highest BCUT2D eigenvalue weighted by Crippen LogP contribution is 2.49. The molecule has 1 fully saturated rings. The number of nitrogens with zero attached hydrogens (tertiary/aromatic N) is 1. The molecule has 166 valence electrons. The molecule has 32 heavy (non-hydrogen) atoms. The molecule has 1 saturated heterocycles. The molecule has 0 spiro atoms. The molecule has 3 atom stereocenters. The number of sulfonamides is 1. The van der Waals surface area contributed by atoms with E-state index in [-0.39, 0.29) is 24.6 Å². The number of methoxy groups -OCH3 is 1. The molecule has 3 aromatic rings. The SMILES string of the molecule is COc1ccccc1-c1ccc2c(c1)[C@H]1[C@H](CCN1S(=O)(=O)c1ccccc1)[C@@H](CO)N2. The van der Waals surface area contributed by atoms with E-state index in [1.54, 1.807) is 35.7 Å². The smallest absolute Gasteiger partial charge is 0.243 e.